The van der Waals surface area contributed by atoms with Crippen LogP contribution >= 0.6 is 0 Å². The predicted octanol–water partition coefficient (Wildman–Crippen LogP) is 14.7. The molecule has 8 heteroatoms. The second kappa shape index (κ2) is 15.6. The summed E-state index contributed by atoms with van der Waals surface area (Å²) in [5.74, 6) is 0.766. The topological polar surface area (TPSA) is 56.5 Å². The van der Waals surface area contributed by atoms with E-state index in [2.05, 4.69) is 49.6 Å². The van der Waals surface area contributed by atoms with Gasteiger partial charge in [0, 0.05) is 44.2 Å². The molecule has 0 spiro atoms. The summed E-state index contributed by atoms with van der Waals surface area (Å²) in [6.07, 6.45) is -4.74. The van der Waals surface area contributed by atoms with Gasteiger partial charge in [-0.05, 0) is 53.4 Å². The number of para-hydroxylation sites is 1. The number of halogens is 3. The normalized spacial score (nSPS) is 12.0. The molecule has 0 aliphatic rings. The molecule has 0 radical (unpaired) electrons. The number of rotatable bonds is 7. The zero-order valence-corrected chi connectivity index (χ0v) is 34.8. The highest BCUT2D eigenvalue weighted by atomic mass is 19.4. The lowest BCUT2D eigenvalue weighted by Crippen LogP contribution is -2.11. The van der Waals surface area contributed by atoms with Crippen LogP contribution in [0.4, 0.5) is 13.2 Å². The standard InChI is InChI=1S/C55H40F3N5/c1-54(2,3)39-28-29-50-42(30-39)41-26-16-17-27-49(41)63(50)51-43(47-33-45(35-18-8-4-9-19-35)59-52(61-47)37-22-12-6-13-23-37)31-40(55(56,57)58)32-44(51)48-34-46(36-20-10-5-11-21-36)60-53(62-48)38-24-14-7-15-25-38/h4-34H,1-3H3. The Balaban J connectivity index is 1.39. The minimum absolute atomic E-state index is 0.159. The van der Waals surface area contributed by atoms with Crippen molar-refractivity contribution >= 4 is 21.8 Å². The zero-order chi connectivity index (χ0) is 43.3. The van der Waals surface area contributed by atoms with Crippen molar-refractivity contribution < 1.29 is 13.2 Å². The van der Waals surface area contributed by atoms with Crippen LogP contribution in [0.5, 0.6) is 0 Å². The van der Waals surface area contributed by atoms with Gasteiger partial charge in [0.05, 0.1) is 45.1 Å². The van der Waals surface area contributed by atoms with Crippen LogP contribution in [0.2, 0.25) is 0 Å². The van der Waals surface area contributed by atoms with Gasteiger partial charge in [-0.15, -0.1) is 0 Å². The number of aromatic nitrogens is 5. The van der Waals surface area contributed by atoms with Crippen molar-refractivity contribution in [1.82, 2.24) is 24.5 Å². The number of hydrogen-bond donors (Lipinski definition) is 0. The molecule has 5 nitrogen and oxygen atoms in total. The Hall–Kier alpha value is -7.71. The molecule has 7 aromatic carbocycles. The van der Waals surface area contributed by atoms with Gasteiger partial charge < -0.3 is 4.57 Å². The van der Waals surface area contributed by atoms with E-state index < -0.39 is 11.7 Å². The maximum Gasteiger partial charge on any atom is 0.416 e. The van der Waals surface area contributed by atoms with Gasteiger partial charge in [0.1, 0.15) is 0 Å². The fraction of sp³-hybridized carbons (Fsp3) is 0.0909. The Morgan fingerprint density at radius 2 is 0.794 bits per heavy atom. The van der Waals surface area contributed by atoms with Crippen LogP contribution in [0, 0.1) is 0 Å². The van der Waals surface area contributed by atoms with Gasteiger partial charge in [-0.2, -0.15) is 13.2 Å². The van der Waals surface area contributed by atoms with Crippen molar-refractivity contribution in [2.45, 2.75) is 32.4 Å². The van der Waals surface area contributed by atoms with Gasteiger partial charge in [-0.25, -0.2) is 19.9 Å². The third kappa shape index (κ3) is 7.54. The third-order valence-corrected chi connectivity index (χ3v) is 11.4. The molecule has 10 rings (SSSR count). The van der Waals surface area contributed by atoms with Crippen LogP contribution in [0.1, 0.15) is 31.9 Å². The molecule has 63 heavy (non-hydrogen) atoms. The minimum atomic E-state index is -4.74. The van der Waals surface area contributed by atoms with Gasteiger partial charge in [0.15, 0.2) is 11.6 Å². The second-order valence-electron chi connectivity index (χ2n) is 16.6. The van der Waals surface area contributed by atoms with E-state index in [9.17, 15) is 0 Å². The molecule has 0 saturated carbocycles. The molecule has 0 amide bonds. The molecule has 3 aromatic heterocycles. The number of benzene rings is 7. The molecule has 0 bridgehead atoms. The van der Waals surface area contributed by atoms with Gasteiger partial charge in [0.2, 0.25) is 0 Å². The van der Waals surface area contributed by atoms with E-state index in [1.54, 1.807) is 12.1 Å². The van der Waals surface area contributed by atoms with E-state index in [0.717, 1.165) is 49.6 Å². The highest BCUT2D eigenvalue weighted by molar-refractivity contribution is 6.11. The van der Waals surface area contributed by atoms with Crippen molar-refractivity contribution in [3.05, 3.63) is 199 Å². The highest BCUT2D eigenvalue weighted by Gasteiger charge is 2.35. The Kier molecular flexibility index (Phi) is 9.79. The van der Waals surface area contributed by atoms with Gasteiger partial charge in [-0.1, -0.05) is 166 Å². The fourth-order valence-corrected chi connectivity index (χ4v) is 8.23. The number of fused-ring (bicyclic) bond motifs is 3. The molecule has 306 valence electrons. The first-order valence-electron chi connectivity index (χ1n) is 20.8. The van der Waals surface area contributed by atoms with Crippen LogP contribution in [-0.4, -0.2) is 24.5 Å². The molecule has 0 unspecified atom stereocenters. The fourth-order valence-electron chi connectivity index (χ4n) is 8.23. The maximum atomic E-state index is 15.6. The summed E-state index contributed by atoms with van der Waals surface area (Å²) in [6.45, 7) is 6.52. The van der Waals surface area contributed by atoms with Crippen molar-refractivity contribution in [1.29, 1.82) is 0 Å². The predicted molar refractivity (Wildman–Crippen MR) is 248 cm³/mol. The summed E-state index contributed by atoms with van der Waals surface area (Å²) in [5, 5.41) is 1.94. The molecule has 0 aliphatic heterocycles. The van der Waals surface area contributed by atoms with E-state index in [1.807, 2.05) is 140 Å². The van der Waals surface area contributed by atoms with Gasteiger partial charge in [-0.3, -0.25) is 0 Å². The van der Waals surface area contributed by atoms with Crippen molar-refractivity contribution in [3.8, 4) is 73.5 Å². The van der Waals surface area contributed by atoms with Crippen LogP contribution in [0.15, 0.2) is 188 Å². The van der Waals surface area contributed by atoms with E-state index in [0.29, 0.717) is 40.1 Å². The summed E-state index contributed by atoms with van der Waals surface area (Å²) in [4.78, 5) is 20.3. The highest BCUT2D eigenvalue weighted by Crippen LogP contribution is 2.46. The second-order valence-corrected chi connectivity index (χ2v) is 16.6. The SMILES string of the molecule is CC(C)(C)c1ccc2c(c1)c1ccccc1n2-c1c(-c2cc(-c3ccccc3)nc(-c3ccccc3)n2)cc(C(F)(F)F)cc1-c1cc(-c2ccccc2)nc(-c2ccccc2)n1. The van der Waals surface area contributed by atoms with E-state index >= 15 is 13.2 Å². The molecule has 10 aromatic rings. The first kappa shape index (κ1) is 39.4. The molecule has 0 saturated heterocycles. The van der Waals surface area contributed by atoms with Crippen molar-refractivity contribution in [2.24, 2.45) is 0 Å². The molecule has 0 aliphatic carbocycles. The Morgan fingerprint density at radius 1 is 0.381 bits per heavy atom. The van der Waals surface area contributed by atoms with E-state index in [-0.39, 0.29) is 16.5 Å². The van der Waals surface area contributed by atoms with Crippen LogP contribution in [0.25, 0.3) is 95.3 Å². The average molecular weight is 828 g/mol. The van der Waals surface area contributed by atoms with E-state index in [4.69, 9.17) is 19.9 Å². The number of hydrogen-bond acceptors (Lipinski definition) is 4. The zero-order valence-electron chi connectivity index (χ0n) is 34.8. The molecule has 0 N–H and O–H groups in total. The molecular formula is C55H40F3N5. The molecular weight excluding hydrogens is 788 g/mol. The lowest BCUT2D eigenvalue weighted by atomic mass is 9.86. The summed E-state index contributed by atoms with van der Waals surface area (Å²) in [5.41, 5.74) is 7.65. The van der Waals surface area contributed by atoms with E-state index in [1.165, 1.54) is 12.1 Å². The Bertz CT molecular complexity index is 3020. The smallest absolute Gasteiger partial charge is 0.308 e. The van der Waals surface area contributed by atoms with Crippen LogP contribution in [-0.2, 0) is 11.6 Å². The summed E-state index contributed by atoms with van der Waals surface area (Å²) in [6, 6.07) is 58.8. The molecule has 0 fully saturated rings. The van der Waals surface area contributed by atoms with Crippen LogP contribution < -0.4 is 0 Å². The maximum absolute atomic E-state index is 15.6. The van der Waals surface area contributed by atoms with Gasteiger partial charge in [0.25, 0.3) is 0 Å². The van der Waals surface area contributed by atoms with Crippen molar-refractivity contribution in [3.63, 3.8) is 0 Å². The summed E-state index contributed by atoms with van der Waals surface area (Å²) >= 11 is 0. The largest absolute Gasteiger partial charge is 0.416 e. The molecule has 3 heterocycles. The number of alkyl halides is 3. The van der Waals surface area contributed by atoms with Gasteiger partial charge >= 0.3 is 6.18 Å². The molecule has 0 atom stereocenters. The monoisotopic (exact) mass is 827 g/mol. The third-order valence-electron chi connectivity index (χ3n) is 11.4. The quantitative estimate of drug-likeness (QED) is 0.161. The summed E-state index contributed by atoms with van der Waals surface area (Å²) < 4.78 is 48.9. The van der Waals surface area contributed by atoms with Crippen LogP contribution in [0.3, 0.4) is 0 Å². The Labute approximate surface area is 363 Å². The Morgan fingerprint density at radius 3 is 1.25 bits per heavy atom. The average Bonchev–Trinajstić information content (AvgIpc) is 3.65. The number of nitrogens with zero attached hydrogens (tertiary/aromatic N) is 5. The summed E-state index contributed by atoms with van der Waals surface area (Å²) in [7, 11) is 0. The first-order valence-corrected chi connectivity index (χ1v) is 20.8. The lowest BCUT2D eigenvalue weighted by molar-refractivity contribution is -0.137. The van der Waals surface area contributed by atoms with Crippen molar-refractivity contribution in [2.75, 3.05) is 0 Å². The first-order chi connectivity index (χ1) is 30.5. The lowest BCUT2D eigenvalue weighted by Gasteiger charge is -2.22. The minimum Gasteiger partial charge on any atom is -0.308 e.